The zero-order valence-electron chi connectivity index (χ0n) is 8.03. The molecule has 0 saturated carbocycles. The Morgan fingerprint density at radius 3 is 1.92 bits per heavy atom. The predicted molar refractivity (Wildman–Crippen MR) is 55.2 cm³/mol. The molecule has 0 bridgehead atoms. The third-order valence-electron chi connectivity index (χ3n) is 1.50. The van der Waals surface area contributed by atoms with Crippen molar-refractivity contribution in [3.8, 4) is 0 Å². The van der Waals surface area contributed by atoms with Crippen molar-refractivity contribution in [2.45, 2.75) is 27.2 Å². The molecule has 0 heterocycles. The van der Waals surface area contributed by atoms with Gasteiger partial charge in [0.1, 0.15) is 0 Å². The van der Waals surface area contributed by atoms with Gasteiger partial charge in [0.25, 0.3) is 0 Å². The molecule has 13 heavy (non-hydrogen) atoms. The summed E-state index contributed by atoms with van der Waals surface area (Å²) >= 11 is 1.06. The molecule has 0 unspecified atom stereocenters. The van der Waals surface area contributed by atoms with Crippen LogP contribution in [0.3, 0.4) is 0 Å². The van der Waals surface area contributed by atoms with Crippen molar-refractivity contribution in [3.05, 3.63) is 23.8 Å². The van der Waals surface area contributed by atoms with Gasteiger partial charge in [-0.25, -0.2) is 11.6 Å². The van der Waals surface area contributed by atoms with Gasteiger partial charge >= 0.3 is 21.0 Å². The van der Waals surface area contributed by atoms with Crippen LogP contribution >= 0.6 is 24.8 Å². The van der Waals surface area contributed by atoms with Gasteiger partial charge in [0.15, 0.2) is 0 Å². The van der Waals surface area contributed by atoms with Crippen LogP contribution in [0.15, 0.2) is 17.7 Å². The first-order valence-electron chi connectivity index (χ1n) is 3.57. The van der Waals surface area contributed by atoms with E-state index in [9.17, 15) is 0 Å². The molecule has 0 aromatic carbocycles. The number of rotatable bonds is 0. The van der Waals surface area contributed by atoms with Crippen molar-refractivity contribution in [1.82, 2.24) is 0 Å². The van der Waals surface area contributed by atoms with E-state index in [1.807, 2.05) is 0 Å². The van der Waals surface area contributed by atoms with Gasteiger partial charge in [0.05, 0.1) is 0 Å². The van der Waals surface area contributed by atoms with Gasteiger partial charge in [0, 0.05) is 0 Å². The molecule has 4 heteroatoms. The molecule has 1 rings (SSSR count). The van der Waals surface area contributed by atoms with Crippen LogP contribution in [0.5, 0.6) is 0 Å². The van der Waals surface area contributed by atoms with E-state index in [2.05, 4.69) is 39.0 Å². The first-order chi connectivity index (χ1) is 5.11. The van der Waals surface area contributed by atoms with Crippen molar-refractivity contribution in [3.63, 3.8) is 0 Å². The Morgan fingerprint density at radius 1 is 1.31 bits per heavy atom. The zero-order chi connectivity index (χ0) is 8.91. The maximum atomic E-state index is 8.19. The molecule has 1 aliphatic rings. The van der Waals surface area contributed by atoms with E-state index < -0.39 is 0 Å². The molecule has 0 amide bonds. The minimum atomic E-state index is 0. The molecule has 0 fully saturated rings. The second-order valence-corrected chi connectivity index (χ2v) is 3.45. The Morgan fingerprint density at radius 2 is 1.77 bits per heavy atom. The number of allylic oxidation sites excluding steroid dienone is 4. The average Bonchev–Trinajstić information content (AvgIpc) is 2.40. The van der Waals surface area contributed by atoms with E-state index in [4.69, 9.17) is 3.67 Å². The monoisotopic (exact) mass is 260 g/mol. The van der Waals surface area contributed by atoms with Crippen molar-refractivity contribution in [2.75, 3.05) is 0 Å². The molecule has 0 radical (unpaired) electrons. The normalized spacial score (nSPS) is 12.9. The Bertz CT molecular complexity index is 183. The zero-order valence-corrected chi connectivity index (χ0v) is 11.1. The summed E-state index contributed by atoms with van der Waals surface area (Å²) in [5.41, 5.74) is 1.65. The van der Waals surface area contributed by atoms with E-state index in [0.717, 1.165) is 23.8 Å². The van der Waals surface area contributed by atoms with Crippen molar-refractivity contribution < 1.29 is 21.0 Å². The molecule has 0 aliphatic heterocycles. The molecule has 0 spiro atoms. The van der Waals surface area contributed by atoms with Crippen LogP contribution < -0.4 is 0 Å². The second-order valence-electron chi connectivity index (χ2n) is 3.45. The quantitative estimate of drug-likeness (QED) is 0.610. The van der Waals surface area contributed by atoms with E-state index in [1.165, 1.54) is 5.57 Å². The van der Waals surface area contributed by atoms with E-state index in [1.54, 1.807) is 0 Å². The van der Waals surface area contributed by atoms with Crippen LogP contribution in [0.2, 0.25) is 0 Å². The Kier molecular flexibility index (Phi) is 13.2. The second kappa shape index (κ2) is 9.02. The first kappa shape index (κ1) is 19.1. The fourth-order valence-electron chi connectivity index (χ4n) is 0.920. The fourth-order valence-corrected chi connectivity index (χ4v) is 0.920. The maximum absolute atomic E-state index is 8.19. The summed E-state index contributed by atoms with van der Waals surface area (Å²) in [6.45, 7) is 6.64. The molecule has 0 aromatic heterocycles. The van der Waals surface area contributed by atoms with E-state index in [-0.39, 0.29) is 24.8 Å². The Balaban J connectivity index is -0.000000234. The topological polar surface area (TPSA) is 17.1 Å². The fraction of sp³-hybridized carbons (Fsp3) is 0.556. The van der Waals surface area contributed by atoms with Gasteiger partial charge < -0.3 is 0 Å². The van der Waals surface area contributed by atoms with Crippen molar-refractivity contribution in [1.29, 1.82) is 0 Å². The summed E-state index contributed by atoms with van der Waals surface area (Å²) in [4.78, 5) is 0. The average molecular weight is 261 g/mol. The third kappa shape index (κ3) is 7.51. The van der Waals surface area contributed by atoms with Crippen LogP contribution in [0, 0.1) is 11.5 Å². The van der Waals surface area contributed by atoms with Gasteiger partial charge in [0.2, 0.25) is 0 Å². The van der Waals surface area contributed by atoms with Gasteiger partial charge in [-0.3, -0.25) is 6.08 Å². The molecule has 77 valence electrons. The van der Waals surface area contributed by atoms with Crippen LogP contribution in [-0.4, -0.2) is 0 Å². The van der Waals surface area contributed by atoms with Crippen LogP contribution in [0.4, 0.5) is 0 Å². The van der Waals surface area contributed by atoms with Crippen LogP contribution in [0.25, 0.3) is 0 Å². The summed E-state index contributed by atoms with van der Waals surface area (Å²) in [5, 5.41) is 0. The number of hydrogen-bond acceptors (Lipinski definition) is 1. The minimum absolute atomic E-state index is 0. The van der Waals surface area contributed by atoms with Gasteiger partial charge in [-0.2, -0.15) is 6.08 Å². The van der Waals surface area contributed by atoms with Crippen LogP contribution in [0.1, 0.15) is 27.2 Å². The third-order valence-corrected chi connectivity index (χ3v) is 1.50. The predicted octanol–water partition coefficient (Wildman–Crippen LogP) is 3.44. The van der Waals surface area contributed by atoms with E-state index in [0.29, 0.717) is 5.41 Å². The standard InChI is InChI=1S/C9H13.2ClH.O.V/c1-9(2,3)8-6-4-5-7-8;;;;/h4,6H,5H2,1-3H3;2*1H;;/q-1;;;;. The molecule has 1 aliphatic carbocycles. The van der Waals surface area contributed by atoms with Gasteiger partial charge in [-0.1, -0.05) is 20.8 Å². The van der Waals surface area contributed by atoms with Crippen molar-refractivity contribution >= 4 is 24.8 Å². The summed E-state index contributed by atoms with van der Waals surface area (Å²) in [6, 6.07) is 0. The van der Waals surface area contributed by atoms with Crippen molar-refractivity contribution in [2.24, 2.45) is 5.41 Å². The Hall–Kier alpha value is 0.444. The molecule has 0 N–H and O–H groups in total. The molecule has 0 atom stereocenters. The molecular formula is C9H15Cl2OV-. The molecule has 0 saturated heterocycles. The molecule has 1 nitrogen and oxygen atoms in total. The first-order valence-corrected chi connectivity index (χ1v) is 4.14. The molecule has 0 aromatic rings. The number of hydrogen-bond donors (Lipinski definition) is 0. The van der Waals surface area contributed by atoms with Crippen LogP contribution in [-0.2, 0) is 21.0 Å². The van der Waals surface area contributed by atoms with Gasteiger partial charge in [-0.15, -0.1) is 31.2 Å². The summed E-state index contributed by atoms with van der Waals surface area (Å²) in [6.07, 6.45) is 8.63. The SMILES string of the molecule is CC(C)(C)C1=[C-]CC=C1.Cl.Cl.[O]=[V]. The van der Waals surface area contributed by atoms with Gasteiger partial charge in [-0.05, 0) is 5.41 Å². The summed E-state index contributed by atoms with van der Waals surface area (Å²) < 4.78 is 8.19. The summed E-state index contributed by atoms with van der Waals surface area (Å²) in [7, 11) is 0. The molecular weight excluding hydrogens is 246 g/mol. The number of halogens is 2. The van der Waals surface area contributed by atoms with E-state index >= 15 is 0 Å². The summed E-state index contributed by atoms with van der Waals surface area (Å²) in [5.74, 6) is 0. The Labute approximate surface area is 102 Å².